The Bertz CT molecular complexity index is 485. The number of nitrogens with zero attached hydrogens (tertiary/aromatic N) is 1. The minimum Gasteiger partial charge on any atom is -0.494 e. The number of hydrogen-bond donors (Lipinski definition) is 1. The van der Waals surface area contributed by atoms with Crippen LogP contribution in [0, 0.1) is 0 Å². The highest BCUT2D eigenvalue weighted by molar-refractivity contribution is 6.37. The van der Waals surface area contributed by atoms with Gasteiger partial charge < -0.3 is 10.5 Å². The molecule has 0 atom stereocenters. The van der Waals surface area contributed by atoms with Gasteiger partial charge >= 0.3 is 0 Å². The van der Waals surface area contributed by atoms with Crippen molar-refractivity contribution in [2.75, 3.05) is 12.8 Å². The first-order chi connectivity index (χ1) is 6.74. The molecule has 4 heteroatoms. The number of nitrogens with two attached hydrogens (primary N) is 1. The van der Waals surface area contributed by atoms with Gasteiger partial charge in [-0.2, -0.15) is 0 Å². The van der Waals surface area contributed by atoms with Crippen molar-refractivity contribution < 1.29 is 4.74 Å². The first-order valence-corrected chi connectivity index (χ1v) is 4.48. The lowest BCUT2D eigenvalue weighted by Gasteiger charge is -2.06. The van der Waals surface area contributed by atoms with E-state index in [0.717, 1.165) is 10.9 Å². The summed E-state index contributed by atoms with van der Waals surface area (Å²) in [4.78, 5) is 4.18. The van der Waals surface area contributed by atoms with E-state index in [4.69, 9.17) is 22.1 Å². The molecule has 1 heterocycles. The highest BCUT2D eigenvalue weighted by Crippen LogP contribution is 2.31. The number of halogens is 1. The van der Waals surface area contributed by atoms with Crippen molar-refractivity contribution >= 4 is 28.2 Å². The van der Waals surface area contributed by atoms with E-state index in [1.807, 2.05) is 18.2 Å². The summed E-state index contributed by atoms with van der Waals surface area (Å²) in [5.41, 5.74) is 6.85. The lowest BCUT2D eigenvalue weighted by atomic mass is 10.2. The molecule has 0 bridgehead atoms. The molecule has 0 aliphatic carbocycles. The summed E-state index contributed by atoms with van der Waals surface area (Å²) in [5.74, 6) is 0.699. The molecule has 2 N–H and O–H groups in total. The van der Waals surface area contributed by atoms with Crippen molar-refractivity contribution in [3.05, 3.63) is 29.4 Å². The SMILES string of the molecule is COc1cccc2c(Cl)c(N)cnc12. The summed E-state index contributed by atoms with van der Waals surface area (Å²) in [5, 5.41) is 1.33. The maximum absolute atomic E-state index is 6.03. The third-order valence-electron chi connectivity index (χ3n) is 2.04. The van der Waals surface area contributed by atoms with E-state index in [2.05, 4.69) is 4.98 Å². The van der Waals surface area contributed by atoms with Crippen LogP contribution in [-0.4, -0.2) is 12.1 Å². The molecular weight excluding hydrogens is 200 g/mol. The number of pyridine rings is 1. The summed E-state index contributed by atoms with van der Waals surface area (Å²) in [6.07, 6.45) is 1.53. The number of benzene rings is 1. The fourth-order valence-electron chi connectivity index (χ4n) is 1.34. The number of nitrogen functional groups attached to an aromatic ring is 1. The second kappa shape index (κ2) is 3.35. The smallest absolute Gasteiger partial charge is 0.145 e. The molecule has 0 aliphatic heterocycles. The van der Waals surface area contributed by atoms with Crippen LogP contribution in [-0.2, 0) is 0 Å². The molecule has 72 valence electrons. The average Bonchev–Trinajstić information content (AvgIpc) is 2.23. The number of hydrogen-bond acceptors (Lipinski definition) is 3. The molecule has 0 radical (unpaired) electrons. The van der Waals surface area contributed by atoms with E-state index in [1.54, 1.807) is 7.11 Å². The Balaban J connectivity index is 2.86. The topological polar surface area (TPSA) is 48.1 Å². The van der Waals surface area contributed by atoms with Gasteiger partial charge in [0, 0.05) is 5.39 Å². The third kappa shape index (κ3) is 1.26. The zero-order valence-electron chi connectivity index (χ0n) is 7.62. The highest BCUT2D eigenvalue weighted by Gasteiger charge is 2.07. The molecule has 0 unspecified atom stereocenters. The number of rotatable bonds is 1. The molecule has 1 aromatic carbocycles. The highest BCUT2D eigenvalue weighted by atomic mass is 35.5. The van der Waals surface area contributed by atoms with E-state index in [-0.39, 0.29) is 0 Å². The van der Waals surface area contributed by atoms with Gasteiger partial charge in [0.05, 0.1) is 24.0 Å². The first-order valence-electron chi connectivity index (χ1n) is 4.10. The van der Waals surface area contributed by atoms with Gasteiger partial charge in [-0.3, -0.25) is 4.98 Å². The molecule has 0 fully saturated rings. The monoisotopic (exact) mass is 208 g/mol. The van der Waals surface area contributed by atoms with Crippen LogP contribution in [0.15, 0.2) is 24.4 Å². The number of para-hydroxylation sites is 1. The van der Waals surface area contributed by atoms with Gasteiger partial charge in [0.15, 0.2) is 0 Å². The van der Waals surface area contributed by atoms with Crippen molar-refractivity contribution in [3.63, 3.8) is 0 Å². The van der Waals surface area contributed by atoms with Gasteiger partial charge in [0.25, 0.3) is 0 Å². The van der Waals surface area contributed by atoms with Crippen molar-refractivity contribution in [2.24, 2.45) is 0 Å². The van der Waals surface area contributed by atoms with Crippen LogP contribution < -0.4 is 10.5 Å². The van der Waals surface area contributed by atoms with Crippen molar-refractivity contribution in [1.29, 1.82) is 0 Å². The van der Waals surface area contributed by atoms with Gasteiger partial charge in [-0.25, -0.2) is 0 Å². The number of methoxy groups -OCH3 is 1. The Labute approximate surface area is 86.5 Å². The van der Waals surface area contributed by atoms with E-state index >= 15 is 0 Å². The maximum atomic E-state index is 6.03. The molecule has 2 aromatic rings. The number of ether oxygens (including phenoxy) is 1. The summed E-state index contributed by atoms with van der Waals surface area (Å²) >= 11 is 6.03. The van der Waals surface area contributed by atoms with Crippen LogP contribution in [0.25, 0.3) is 10.9 Å². The molecule has 14 heavy (non-hydrogen) atoms. The average molecular weight is 209 g/mol. The molecule has 1 aromatic heterocycles. The van der Waals surface area contributed by atoms with Crippen molar-refractivity contribution in [1.82, 2.24) is 4.98 Å². The van der Waals surface area contributed by atoms with Crippen LogP contribution in [0.2, 0.25) is 5.02 Å². The van der Waals surface area contributed by atoms with Crippen LogP contribution >= 0.6 is 11.6 Å². The Kier molecular flexibility index (Phi) is 2.17. The molecule has 2 rings (SSSR count). The predicted molar refractivity (Wildman–Crippen MR) is 57.7 cm³/mol. The maximum Gasteiger partial charge on any atom is 0.145 e. The number of anilines is 1. The number of aromatic nitrogens is 1. The lowest BCUT2D eigenvalue weighted by molar-refractivity contribution is 0.419. The second-order valence-electron chi connectivity index (χ2n) is 2.88. The van der Waals surface area contributed by atoms with E-state index in [0.29, 0.717) is 16.5 Å². The Morgan fingerprint density at radius 2 is 2.21 bits per heavy atom. The van der Waals surface area contributed by atoms with Crippen LogP contribution in [0.5, 0.6) is 5.75 Å². The minimum atomic E-state index is 0.479. The molecule has 0 amide bonds. The molecule has 0 spiro atoms. The van der Waals surface area contributed by atoms with Gasteiger partial charge in [-0.05, 0) is 6.07 Å². The second-order valence-corrected chi connectivity index (χ2v) is 3.26. The Morgan fingerprint density at radius 3 is 2.93 bits per heavy atom. The molecule has 0 saturated heterocycles. The zero-order valence-corrected chi connectivity index (χ0v) is 8.38. The van der Waals surface area contributed by atoms with Crippen molar-refractivity contribution in [2.45, 2.75) is 0 Å². The Hall–Kier alpha value is -1.48. The van der Waals surface area contributed by atoms with Gasteiger partial charge in [-0.1, -0.05) is 23.7 Å². The first kappa shape index (κ1) is 9.09. The molecule has 3 nitrogen and oxygen atoms in total. The van der Waals surface area contributed by atoms with Gasteiger partial charge in [0.2, 0.25) is 0 Å². The third-order valence-corrected chi connectivity index (χ3v) is 2.46. The number of fused-ring (bicyclic) bond motifs is 1. The Morgan fingerprint density at radius 1 is 1.43 bits per heavy atom. The van der Waals surface area contributed by atoms with Crippen LogP contribution in [0.3, 0.4) is 0 Å². The van der Waals surface area contributed by atoms with Gasteiger partial charge in [-0.15, -0.1) is 0 Å². The molecular formula is C10H9ClN2O. The summed E-state index contributed by atoms with van der Waals surface area (Å²) < 4.78 is 5.16. The van der Waals surface area contributed by atoms with E-state index < -0.39 is 0 Å². The normalized spacial score (nSPS) is 10.4. The van der Waals surface area contributed by atoms with Crippen LogP contribution in [0.4, 0.5) is 5.69 Å². The summed E-state index contributed by atoms with van der Waals surface area (Å²) in [6, 6.07) is 5.56. The minimum absolute atomic E-state index is 0.479. The molecule has 0 saturated carbocycles. The quantitative estimate of drug-likeness (QED) is 0.783. The predicted octanol–water partition coefficient (Wildman–Crippen LogP) is 2.48. The van der Waals surface area contributed by atoms with E-state index in [1.165, 1.54) is 6.20 Å². The summed E-state index contributed by atoms with van der Waals surface area (Å²) in [7, 11) is 1.60. The molecule has 0 aliphatic rings. The van der Waals surface area contributed by atoms with Crippen LogP contribution in [0.1, 0.15) is 0 Å². The lowest BCUT2D eigenvalue weighted by Crippen LogP contribution is -1.92. The van der Waals surface area contributed by atoms with Crippen molar-refractivity contribution in [3.8, 4) is 5.75 Å². The van der Waals surface area contributed by atoms with E-state index in [9.17, 15) is 0 Å². The van der Waals surface area contributed by atoms with Gasteiger partial charge in [0.1, 0.15) is 11.3 Å². The standard InChI is InChI=1S/C10H9ClN2O/c1-14-8-4-2-3-6-9(11)7(12)5-13-10(6)8/h2-5H,12H2,1H3. The fraction of sp³-hybridized carbons (Fsp3) is 0.100. The zero-order chi connectivity index (χ0) is 10.1. The summed E-state index contributed by atoms with van der Waals surface area (Å²) in [6.45, 7) is 0. The largest absolute Gasteiger partial charge is 0.494 e. The fourth-order valence-corrected chi connectivity index (χ4v) is 1.54.